The number of carbonyl (C=O) groups excluding carboxylic acids is 3. The van der Waals surface area contributed by atoms with Crippen LogP contribution < -0.4 is 11.1 Å². The number of hydrogen-bond acceptors (Lipinski definition) is 7. The average molecular weight is 499 g/mol. The third-order valence-corrected chi connectivity index (χ3v) is 6.54. The van der Waals surface area contributed by atoms with E-state index in [1.807, 2.05) is 0 Å². The summed E-state index contributed by atoms with van der Waals surface area (Å²) in [5.41, 5.74) is 5.35. The first-order valence-corrected chi connectivity index (χ1v) is 10.9. The van der Waals surface area contributed by atoms with Gasteiger partial charge in [-0.3, -0.25) is 9.59 Å². The van der Waals surface area contributed by atoms with Crippen molar-refractivity contribution >= 4 is 39.3 Å². The first kappa shape index (κ1) is 20.6. The van der Waals surface area contributed by atoms with Crippen molar-refractivity contribution in [2.75, 3.05) is 11.9 Å². The molecule has 3 N–H and O–H groups in total. The number of esters is 1. The fourth-order valence-electron chi connectivity index (χ4n) is 4.84. The zero-order valence-electron chi connectivity index (χ0n) is 17.1. The van der Waals surface area contributed by atoms with Gasteiger partial charge in [-0.15, -0.1) is 0 Å². The number of ketones is 1. The van der Waals surface area contributed by atoms with Gasteiger partial charge in [0, 0.05) is 34.5 Å². The normalized spacial score (nSPS) is 24.2. The van der Waals surface area contributed by atoms with E-state index in [-0.39, 0.29) is 47.5 Å². The summed E-state index contributed by atoms with van der Waals surface area (Å²) in [4.78, 5) is 40.3. The summed E-state index contributed by atoms with van der Waals surface area (Å²) in [6, 6.07) is 8.72. The monoisotopic (exact) mass is 498 g/mol. The highest BCUT2D eigenvalue weighted by Gasteiger charge is 2.62. The van der Waals surface area contributed by atoms with Crippen molar-refractivity contribution in [2.45, 2.75) is 31.1 Å². The van der Waals surface area contributed by atoms with Gasteiger partial charge in [0.25, 0.3) is 0 Å². The van der Waals surface area contributed by atoms with Crippen LogP contribution in [-0.2, 0) is 29.3 Å². The van der Waals surface area contributed by atoms with E-state index < -0.39 is 17.3 Å². The topological polar surface area (TPSA) is 121 Å². The van der Waals surface area contributed by atoms with E-state index in [1.165, 1.54) is 6.26 Å². The number of halogens is 1. The number of nitrogens with two attached hydrogens (primary N) is 1. The van der Waals surface area contributed by atoms with Gasteiger partial charge in [-0.2, -0.15) is 0 Å². The molecule has 0 bridgehead atoms. The molecule has 0 unspecified atom stereocenters. The predicted molar refractivity (Wildman–Crippen MR) is 116 cm³/mol. The molecule has 0 saturated heterocycles. The molecule has 1 aromatic heterocycles. The number of benzene rings is 1. The Morgan fingerprint density at radius 2 is 2.12 bits per heavy atom. The molecule has 8 nitrogen and oxygen atoms in total. The second kappa shape index (κ2) is 7.37. The van der Waals surface area contributed by atoms with Crippen molar-refractivity contribution in [2.24, 2.45) is 5.73 Å². The molecule has 3 aliphatic rings. The summed E-state index contributed by atoms with van der Waals surface area (Å²) in [5.74, 6) is -1.28. The van der Waals surface area contributed by atoms with Crippen molar-refractivity contribution in [3.05, 3.63) is 75.2 Å². The van der Waals surface area contributed by atoms with Gasteiger partial charge in [-0.05, 0) is 37.3 Å². The average Bonchev–Trinajstić information content (AvgIpc) is 3.36. The third kappa shape index (κ3) is 2.77. The molecule has 1 aliphatic carbocycles. The first-order chi connectivity index (χ1) is 15.4. The van der Waals surface area contributed by atoms with Crippen molar-refractivity contribution in [1.82, 2.24) is 0 Å². The smallest absolute Gasteiger partial charge is 0.341 e. The van der Waals surface area contributed by atoms with Gasteiger partial charge in [0.1, 0.15) is 22.5 Å². The Morgan fingerprint density at radius 3 is 2.84 bits per heavy atom. The van der Waals surface area contributed by atoms with Crippen molar-refractivity contribution in [3.8, 4) is 0 Å². The van der Waals surface area contributed by atoms with Crippen LogP contribution in [0.4, 0.5) is 5.69 Å². The van der Waals surface area contributed by atoms with Gasteiger partial charge in [0.15, 0.2) is 5.78 Å². The first-order valence-electron chi connectivity index (χ1n) is 10.1. The molecule has 1 aromatic carbocycles. The number of fused-ring (bicyclic) bond motifs is 3. The van der Waals surface area contributed by atoms with Crippen LogP contribution in [-0.4, -0.2) is 24.3 Å². The lowest BCUT2D eigenvalue weighted by Gasteiger charge is -2.39. The number of amides is 1. The van der Waals surface area contributed by atoms with Gasteiger partial charge >= 0.3 is 5.97 Å². The van der Waals surface area contributed by atoms with Crippen molar-refractivity contribution in [1.29, 1.82) is 0 Å². The fraction of sp³-hybridized carbons (Fsp3) is 0.261. The Kier molecular flexibility index (Phi) is 4.74. The highest BCUT2D eigenvalue weighted by atomic mass is 79.9. The van der Waals surface area contributed by atoms with Crippen LogP contribution in [0.25, 0.3) is 0 Å². The number of Topliss-reactive ketones (excluding diaryl/α,β-unsaturated/α-hetero) is 1. The number of ether oxygens (including phenoxy) is 2. The maximum absolute atomic E-state index is 13.6. The Balaban J connectivity index is 1.77. The maximum Gasteiger partial charge on any atom is 0.341 e. The molecule has 1 amide bonds. The minimum Gasteiger partial charge on any atom is -0.469 e. The number of anilines is 1. The molecule has 32 heavy (non-hydrogen) atoms. The molecule has 2 aliphatic heterocycles. The number of carbonyl (C=O) groups is 3. The lowest BCUT2D eigenvalue weighted by molar-refractivity contribution is -0.141. The van der Waals surface area contributed by atoms with Crippen molar-refractivity contribution < 1.29 is 28.3 Å². The van der Waals surface area contributed by atoms with E-state index in [1.54, 1.807) is 37.3 Å². The van der Waals surface area contributed by atoms with Crippen molar-refractivity contribution in [3.63, 3.8) is 0 Å². The van der Waals surface area contributed by atoms with Gasteiger partial charge in [-0.25, -0.2) is 4.79 Å². The molecule has 3 heterocycles. The summed E-state index contributed by atoms with van der Waals surface area (Å²) in [6.07, 6.45) is 1.94. The van der Waals surface area contributed by atoms with Gasteiger partial charge in [0.05, 0.1) is 18.4 Å². The largest absolute Gasteiger partial charge is 0.469 e. The van der Waals surface area contributed by atoms with E-state index in [9.17, 15) is 14.4 Å². The standard InChI is InChI=1S/C23H19BrN2O6/c1-2-30-21(28)19-20(25)32-17-9-11(16-4-3-7-31-16)8-15(27)18(17)23(19)13-10-12(24)5-6-14(13)26-22(23)29/h3-7,10-11H,2,8-9,25H2,1H3,(H,26,29)/t11-,23+/m0/s1. The van der Waals surface area contributed by atoms with Crippen LogP contribution in [0.5, 0.6) is 0 Å². The van der Waals surface area contributed by atoms with E-state index in [0.717, 1.165) is 0 Å². The molecule has 164 valence electrons. The van der Waals surface area contributed by atoms with Gasteiger partial charge < -0.3 is 24.9 Å². The number of rotatable bonds is 3. The molecule has 5 rings (SSSR count). The number of nitrogens with one attached hydrogen (secondary N) is 1. The second-order valence-electron chi connectivity index (χ2n) is 7.80. The maximum atomic E-state index is 13.6. The molecule has 2 atom stereocenters. The number of allylic oxidation sites excluding steroid dienone is 1. The zero-order chi connectivity index (χ0) is 22.6. The summed E-state index contributed by atoms with van der Waals surface area (Å²) in [5, 5.41) is 2.81. The Bertz CT molecular complexity index is 1230. The summed E-state index contributed by atoms with van der Waals surface area (Å²) >= 11 is 3.43. The molecular formula is C23H19BrN2O6. The SMILES string of the molecule is CCOC(=O)C1=C(N)OC2=C(C(=O)C[C@H](c3ccco3)C2)[C@@]12C(=O)Nc1ccc(Br)cc12. The molecule has 0 saturated carbocycles. The lowest BCUT2D eigenvalue weighted by atomic mass is 9.63. The Labute approximate surface area is 191 Å². The molecule has 0 fully saturated rings. The van der Waals surface area contributed by atoms with E-state index in [4.69, 9.17) is 19.6 Å². The van der Waals surface area contributed by atoms with E-state index in [0.29, 0.717) is 27.9 Å². The van der Waals surface area contributed by atoms with Crippen LogP contribution in [0.3, 0.4) is 0 Å². The van der Waals surface area contributed by atoms with Crippen LogP contribution in [0.1, 0.15) is 37.0 Å². The van der Waals surface area contributed by atoms with Gasteiger partial charge in [0.2, 0.25) is 11.8 Å². The third-order valence-electron chi connectivity index (χ3n) is 6.05. The molecular weight excluding hydrogens is 480 g/mol. The summed E-state index contributed by atoms with van der Waals surface area (Å²) in [6.45, 7) is 1.72. The quantitative estimate of drug-likeness (QED) is 0.621. The number of furan rings is 1. The van der Waals surface area contributed by atoms with E-state index >= 15 is 0 Å². The Morgan fingerprint density at radius 1 is 1.31 bits per heavy atom. The van der Waals surface area contributed by atoms with E-state index in [2.05, 4.69) is 21.2 Å². The predicted octanol–water partition coefficient (Wildman–Crippen LogP) is 3.40. The Hall–Kier alpha value is -3.33. The van der Waals surface area contributed by atoms with Crippen LogP contribution in [0, 0.1) is 0 Å². The molecule has 9 heteroatoms. The molecule has 0 radical (unpaired) electrons. The minimum absolute atomic E-state index is 0.0685. The summed E-state index contributed by atoms with van der Waals surface area (Å²) in [7, 11) is 0. The lowest BCUT2D eigenvalue weighted by Crippen LogP contribution is -2.49. The van der Waals surface area contributed by atoms with Crippen LogP contribution in [0.15, 0.2) is 68.3 Å². The minimum atomic E-state index is -1.76. The fourth-order valence-corrected chi connectivity index (χ4v) is 5.20. The van der Waals surface area contributed by atoms with Crippen LogP contribution >= 0.6 is 15.9 Å². The summed E-state index contributed by atoms with van der Waals surface area (Å²) < 4.78 is 17.2. The highest BCUT2D eigenvalue weighted by molar-refractivity contribution is 9.10. The van der Waals surface area contributed by atoms with Crippen LogP contribution in [0.2, 0.25) is 0 Å². The zero-order valence-corrected chi connectivity index (χ0v) is 18.7. The molecule has 2 aromatic rings. The second-order valence-corrected chi connectivity index (χ2v) is 8.71. The van der Waals surface area contributed by atoms with Gasteiger partial charge in [-0.1, -0.05) is 15.9 Å². The number of hydrogen-bond donors (Lipinski definition) is 2. The molecule has 1 spiro atoms. The highest BCUT2D eigenvalue weighted by Crippen LogP contribution is 2.56.